The lowest BCUT2D eigenvalue weighted by Crippen LogP contribution is -2.35. The Morgan fingerprint density at radius 3 is 2.70 bits per heavy atom. The van der Waals surface area contributed by atoms with Crippen LogP contribution in [0.1, 0.15) is 12.8 Å². The van der Waals surface area contributed by atoms with E-state index in [1.54, 1.807) is 0 Å². The Balaban J connectivity index is 1.46. The summed E-state index contributed by atoms with van der Waals surface area (Å²) in [5, 5.41) is 16.2. The van der Waals surface area contributed by atoms with Crippen LogP contribution in [0, 0.1) is 0 Å². The van der Waals surface area contributed by atoms with Crippen molar-refractivity contribution in [1.29, 1.82) is 0 Å². The first kappa shape index (κ1) is 16.0. The summed E-state index contributed by atoms with van der Waals surface area (Å²) in [7, 11) is 0. The fraction of sp³-hybridized carbons (Fsp3) is 0.250. The fourth-order valence-corrected chi connectivity index (χ4v) is 3.50. The molecule has 5 rings (SSSR count). The summed E-state index contributed by atoms with van der Waals surface area (Å²) in [4.78, 5) is 4.49. The first-order chi connectivity index (χ1) is 13.4. The smallest absolute Gasteiger partial charge is 0.154 e. The second-order valence-electron chi connectivity index (χ2n) is 6.81. The minimum atomic E-state index is 0.462. The lowest BCUT2D eigenvalue weighted by atomic mass is 10.1. The van der Waals surface area contributed by atoms with Gasteiger partial charge >= 0.3 is 0 Å². The van der Waals surface area contributed by atoms with Crippen molar-refractivity contribution < 1.29 is 0 Å². The Kier molecular flexibility index (Phi) is 4.06. The molecule has 7 heteroatoms. The SMILES string of the molecule is c1ccc(-n2cc(-c3cnc4ccc(NC5CCNCC5)nn34)cn2)cc1. The Hall–Kier alpha value is -3.19. The highest BCUT2D eigenvalue weighted by Crippen LogP contribution is 2.22. The van der Waals surface area contributed by atoms with E-state index in [4.69, 9.17) is 5.10 Å². The molecule has 0 amide bonds. The lowest BCUT2D eigenvalue weighted by molar-refractivity contribution is 0.477. The third-order valence-corrected chi connectivity index (χ3v) is 4.95. The van der Waals surface area contributed by atoms with Crippen molar-refractivity contribution in [3.63, 3.8) is 0 Å². The molecule has 1 aliphatic rings. The number of aromatic nitrogens is 5. The van der Waals surface area contributed by atoms with E-state index in [0.717, 1.165) is 54.3 Å². The van der Waals surface area contributed by atoms with Gasteiger partial charge in [0.1, 0.15) is 5.82 Å². The topological polar surface area (TPSA) is 72.1 Å². The number of anilines is 1. The van der Waals surface area contributed by atoms with Gasteiger partial charge in [0.05, 0.1) is 23.8 Å². The van der Waals surface area contributed by atoms with Gasteiger partial charge in [-0.3, -0.25) is 0 Å². The summed E-state index contributed by atoms with van der Waals surface area (Å²) in [6, 6.07) is 14.5. The van der Waals surface area contributed by atoms with Crippen molar-refractivity contribution in [2.24, 2.45) is 0 Å². The Bertz CT molecular complexity index is 1040. The first-order valence-electron chi connectivity index (χ1n) is 9.29. The number of hydrogen-bond acceptors (Lipinski definition) is 5. The maximum absolute atomic E-state index is 4.77. The molecule has 0 aliphatic carbocycles. The average Bonchev–Trinajstić information content (AvgIpc) is 3.36. The summed E-state index contributed by atoms with van der Waals surface area (Å²) < 4.78 is 3.75. The molecule has 27 heavy (non-hydrogen) atoms. The van der Waals surface area contributed by atoms with Crippen LogP contribution in [0.15, 0.2) is 61.1 Å². The second-order valence-corrected chi connectivity index (χ2v) is 6.81. The number of piperidine rings is 1. The van der Waals surface area contributed by atoms with Crippen LogP contribution in [-0.2, 0) is 0 Å². The Morgan fingerprint density at radius 1 is 1.00 bits per heavy atom. The lowest BCUT2D eigenvalue weighted by Gasteiger charge is -2.24. The highest BCUT2D eigenvalue weighted by Gasteiger charge is 2.15. The standard InChI is InChI=1S/C20H21N7/c1-2-4-17(5-3-1)26-14-15(12-23-26)18-13-22-20-7-6-19(25-27(18)20)24-16-8-10-21-11-9-16/h1-7,12-14,16,21H,8-11H2,(H,24,25). The van der Waals surface area contributed by atoms with Crippen molar-refractivity contribution in [3.05, 3.63) is 61.1 Å². The van der Waals surface area contributed by atoms with Crippen molar-refractivity contribution in [1.82, 2.24) is 29.7 Å². The van der Waals surface area contributed by atoms with Gasteiger partial charge in [-0.2, -0.15) is 5.10 Å². The molecule has 4 heterocycles. The summed E-state index contributed by atoms with van der Waals surface area (Å²) in [6.45, 7) is 2.10. The predicted molar refractivity (Wildman–Crippen MR) is 105 cm³/mol. The van der Waals surface area contributed by atoms with Crippen molar-refractivity contribution in [2.45, 2.75) is 18.9 Å². The Morgan fingerprint density at radius 2 is 1.85 bits per heavy atom. The average molecular weight is 359 g/mol. The van der Waals surface area contributed by atoms with Gasteiger partial charge in [0.15, 0.2) is 5.65 Å². The van der Waals surface area contributed by atoms with Crippen LogP contribution in [0.4, 0.5) is 5.82 Å². The normalized spacial score (nSPS) is 15.3. The fourth-order valence-electron chi connectivity index (χ4n) is 3.50. The molecule has 4 aromatic rings. The number of rotatable bonds is 4. The molecule has 2 N–H and O–H groups in total. The zero-order chi connectivity index (χ0) is 18.1. The minimum absolute atomic E-state index is 0.462. The van der Waals surface area contributed by atoms with Gasteiger partial charge in [-0.1, -0.05) is 18.2 Å². The van der Waals surface area contributed by atoms with Crippen LogP contribution in [0.3, 0.4) is 0 Å². The van der Waals surface area contributed by atoms with Gasteiger partial charge in [0.25, 0.3) is 0 Å². The monoisotopic (exact) mass is 359 g/mol. The third-order valence-electron chi connectivity index (χ3n) is 4.95. The molecule has 0 saturated carbocycles. The van der Waals surface area contributed by atoms with Gasteiger partial charge in [-0.05, 0) is 50.2 Å². The van der Waals surface area contributed by atoms with Gasteiger partial charge in [0.2, 0.25) is 0 Å². The van der Waals surface area contributed by atoms with Crippen molar-refractivity contribution >= 4 is 11.5 Å². The van der Waals surface area contributed by atoms with Crippen molar-refractivity contribution in [3.8, 4) is 16.9 Å². The number of hydrogen-bond donors (Lipinski definition) is 2. The first-order valence-corrected chi connectivity index (χ1v) is 9.29. The molecule has 0 spiro atoms. The molecule has 0 unspecified atom stereocenters. The van der Waals surface area contributed by atoms with Crippen LogP contribution < -0.4 is 10.6 Å². The molecular formula is C20H21N7. The van der Waals surface area contributed by atoms with E-state index < -0.39 is 0 Å². The van der Waals surface area contributed by atoms with E-state index in [0.29, 0.717) is 6.04 Å². The number of nitrogens with zero attached hydrogens (tertiary/aromatic N) is 5. The van der Waals surface area contributed by atoms with Crippen LogP contribution in [0.2, 0.25) is 0 Å². The highest BCUT2D eigenvalue weighted by molar-refractivity contribution is 5.62. The van der Waals surface area contributed by atoms with Gasteiger partial charge in [0, 0.05) is 17.8 Å². The van der Waals surface area contributed by atoms with E-state index in [-0.39, 0.29) is 0 Å². The maximum atomic E-state index is 4.77. The van der Waals surface area contributed by atoms with Crippen LogP contribution >= 0.6 is 0 Å². The van der Waals surface area contributed by atoms with Crippen LogP contribution in [-0.4, -0.2) is 43.5 Å². The second kappa shape index (κ2) is 6.85. The number of para-hydroxylation sites is 1. The quantitative estimate of drug-likeness (QED) is 0.586. The molecule has 136 valence electrons. The molecular weight excluding hydrogens is 338 g/mol. The zero-order valence-electron chi connectivity index (χ0n) is 14.9. The Labute approximate surface area is 157 Å². The number of benzene rings is 1. The molecule has 3 aromatic heterocycles. The van der Waals surface area contributed by atoms with E-state index in [1.807, 2.05) is 70.3 Å². The summed E-state index contributed by atoms with van der Waals surface area (Å²) in [5.41, 5.74) is 3.77. The number of fused-ring (bicyclic) bond motifs is 1. The van der Waals surface area contributed by atoms with Gasteiger partial charge in [-0.25, -0.2) is 14.2 Å². The maximum Gasteiger partial charge on any atom is 0.154 e. The van der Waals surface area contributed by atoms with E-state index in [2.05, 4.69) is 20.7 Å². The summed E-state index contributed by atoms with van der Waals surface area (Å²) in [6.07, 6.45) is 7.93. The highest BCUT2D eigenvalue weighted by atomic mass is 15.3. The third kappa shape index (κ3) is 3.17. The largest absolute Gasteiger partial charge is 0.366 e. The summed E-state index contributed by atoms with van der Waals surface area (Å²) >= 11 is 0. The van der Waals surface area contributed by atoms with Gasteiger partial charge in [-0.15, -0.1) is 5.10 Å². The molecule has 1 saturated heterocycles. The molecule has 1 fully saturated rings. The summed E-state index contributed by atoms with van der Waals surface area (Å²) in [5.74, 6) is 0.879. The van der Waals surface area contributed by atoms with E-state index in [9.17, 15) is 0 Å². The molecule has 0 bridgehead atoms. The molecule has 0 atom stereocenters. The van der Waals surface area contributed by atoms with Gasteiger partial charge < -0.3 is 10.6 Å². The molecule has 0 radical (unpaired) electrons. The van der Waals surface area contributed by atoms with Crippen LogP contribution in [0.25, 0.3) is 22.6 Å². The predicted octanol–water partition coefficient (Wildman–Crippen LogP) is 2.75. The molecule has 7 nitrogen and oxygen atoms in total. The number of nitrogens with one attached hydrogen (secondary N) is 2. The molecule has 1 aromatic carbocycles. The van der Waals surface area contributed by atoms with E-state index in [1.165, 1.54) is 0 Å². The van der Waals surface area contributed by atoms with Crippen molar-refractivity contribution in [2.75, 3.05) is 18.4 Å². The van der Waals surface area contributed by atoms with Crippen LogP contribution in [0.5, 0.6) is 0 Å². The minimum Gasteiger partial charge on any atom is -0.366 e. The van der Waals surface area contributed by atoms with E-state index >= 15 is 0 Å². The zero-order valence-corrected chi connectivity index (χ0v) is 14.9. The number of imidazole rings is 1. The molecule has 1 aliphatic heterocycles.